The third kappa shape index (κ3) is 10.6. The highest BCUT2D eigenvalue weighted by Gasteiger charge is 2.05. The average molecular weight is 466 g/mol. The first kappa shape index (κ1) is 24.1. The van der Waals surface area contributed by atoms with Crippen LogP contribution in [0.2, 0.25) is 0 Å². The number of aliphatic imine (C=N–C) groups is 1. The molecule has 0 aromatic carbocycles. The minimum atomic E-state index is 0. The predicted molar refractivity (Wildman–Crippen MR) is 113 cm³/mol. The van der Waals surface area contributed by atoms with E-state index in [-0.39, 0.29) is 24.0 Å². The lowest BCUT2D eigenvalue weighted by atomic mass is 10.1. The summed E-state index contributed by atoms with van der Waals surface area (Å²) >= 11 is 0. The number of nitrogens with one attached hydrogen (secondary N) is 2. The summed E-state index contributed by atoms with van der Waals surface area (Å²) in [4.78, 5) is 4.60. The largest absolute Gasteiger partial charge is 0.380 e. The number of nitrogens with zero attached hydrogens (tertiary/aromatic N) is 4. The molecule has 0 aliphatic heterocycles. The molecule has 0 atom stereocenters. The molecule has 0 spiro atoms. The van der Waals surface area contributed by atoms with Gasteiger partial charge in [0, 0.05) is 26.7 Å². The second-order valence-electron chi connectivity index (χ2n) is 6.39. The van der Waals surface area contributed by atoms with Gasteiger partial charge >= 0.3 is 0 Å². The van der Waals surface area contributed by atoms with Crippen LogP contribution in [0.15, 0.2) is 4.99 Å². The summed E-state index contributed by atoms with van der Waals surface area (Å²) in [7, 11) is 1.96. The maximum atomic E-state index is 5.63. The van der Waals surface area contributed by atoms with Gasteiger partial charge in [-0.15, -0.1) is 34.2 Å². The summed E-state index contributed by atoms with van der Waals surface area (Å²) in [6.45, 7) is 12.2. The molecule has 1 aromatic heterocycles. The lowest BCUT2D eigenvalue weighted by Crippen LogP contribution is -2.39. The summed E-state index contributed by atoms with van der Waals surface area (Å²) in [6.07, 6.45) is 3.37. The summed E-state index contributed by atoms with van der Waals surface area (Å²) in [5.74, 6) is 3.24. The summed E-state index contributed by atoms with van der Waals surface area (Å²) in [5.41, 5.74) is 0. The number of hydrogen-bond donors (Lipinski definition) is 2. The van der Waals surface area contributed by atoms with E-state index >= 15 is 0 Å². The van der Waals surface area contributed by atoms with Gasteiger partial charge in [0.05, 0.1) is 6.61 Å². The Bertz CT molecular complexity index is 489. The van der Waals surface area contributed by atoms with Gasteiger partial charge < -0.3 is 19.9 Å². The molecule has 146 valence electrons. The number of guanidine groups is 1. The normalized spacial score (nSPS) is 11.5. The first-order chi connectivity index (χ1) is 11.5. The van der Waals surface area contributed by atoms with E-state index in [2.05, 4.69) is 46.6 Å². The lowest BCUT2D eigenvalue weighted by molar-refractivity contribution is 0.128. The quantitative estimate of drug-likeness (QED) is 0.227. The molecule has 2 N–H and O–H groups in total. The molecule has 0 fully saturated rings. The van der Waals surface area contributed by atoms with E-state index in [1.807, 2.05) is 18.5 Å². The van der Waals surface area contributed by atoms with Crippen LogP contribution in [0.5, 0.6) is 0 Å². The number of hydrogen-bond acceptors (Lipinski definition) is 4. The standard InChI is InChI=1S/C17H34N6O.HI/c1-6-7-9-18-17(19-10-12-24-11-8-14(2)3)20-13-16-22-21-15(4)23(16)5;/h14H,6-13H2,1-5H3,(H2,18,19,20);1H. The molecule has 0 aliphatic carbocycles. The fourth-order valence-corrected chi connectivity index (χ4v) is 1.96. The van der Waals surface area contributed by atoms with Gasteiger partial charge in [0.25, 0.3) is 0 Å². The first-order valence-electron chi connectivity index (χ1n) is 8.99. The van der Waals surface area contributed by atoms with Gasteiger partial charge in [-0.25, -0.2) is 4.99 Å². The van der Waals surface area contributed by atoms with Gasteiger partial charge in [-0.2, -0.15) is 0 Å². The Labute approximate surface area is 169 Å². The van der Waals surface area contributed by atoms with Crippen LogP contribution in [0.1, 0.15) is 51.7 Å². The fraction of sp³-hybridized carbons (Fsp3) is 0.824. The van der Waals surface area contributed by atoms with E-state index in [1.165, 1.54) is 0 Å². The molecule has 1 rings (SSSR count). The highest BCUT2D eigenvalue weighted by Crippen LogP contribution is 1.99. The first-order valence-corrected chi connectivity index (χ1v) is 8.99. The highest BCUT2D eigenvalue weighted by molar-refractivity contribution is 14.0. The molecule has 1 heterocycles. The third-order valence-corrected chi connectivity index (χ3v) is 3.76. The van der Waals surface area contributed by atoms with Crippen molar-refractivity contribution in [1.29, 1.82) is 0 Å². The van der Waals surface area contributed by atoms with Crippen molar-refractivity contribution < 1.29 is 4.74 Å². The average Bonchev–Trinajstić information content (AvgIpc) is 2.86. The predicted octanol–water partition coefficient (Wildman–Crippen LogP) is 2.64. The van der Waals surface area contributed by atoms with Crippen molar-refractivity contribution in [2.75, 3.05) is 26.3 Å². The fourth-order valence-electron chi connectivity index (χ4n) is 1.96. The maximum Gasteiger partial charge on any atom is 0.191 e. The molecule has 0 unspecified atom stereocenters. The van der Waals surface area contributed by atoms with Crippen molar-refractivity contribution in [2.24, 2.45) is 18.0 Å². The highest BCUT2D eigenvalue weighted by atomic mass is 127. The van der Waals surface area contributed by atoms with E-state index < -0.39 is 0 Å². The van der Waals surface area contributed by atoms with Crippen LogP contribution >= 0.6 is 24.0 Å². The summed E-state index contributed by atoms with van der Waals surface area (Å²) in [6, 6.07) is 0. The zero-order valence-electron chi connectivity index (χ0n) is 16.3. The Morgan fingerprint density at radius 3 is 2.52 bits per heavy atom. The molecular formula is C17H35IN6O. The Morgan fingerprint density at radius 1 is 1.20 bits per heavy atom. The third-order valence-electron chi connectivity index (χ3n) is 3.76. The minimum Gasteiger partial charge on any atom is -0.380 e. The molecule has 8 heteroatoms. The van der Waals surface area contributed by atoms with Crippen LogP contribution in [0, 0.1) is 12.8 Å². The van der Waals surface area contributed by atoms with Crippen LogP contribution in [-0.4, -0.2) is 47.0 Å². The minimum absolute atomic E-state index is 0. The maximum absolute atomic E-state index is 5.63. The Balaban J connectivity index is 0.00000576. The monoisotopic (exact) mass is 466 g/mol. The molecule has 0 amide bonds. The van der Waals surface area contributed by atoms with Crippen LogP contribution < -0.4 is 10.6 Å². The van der Waals surface area contributed by atoms with Crippen LogP contribution in [0.25, 0.3) is 0 Å². The van der Waals surface area contributed by atoms with Crippen LogP contribution in [0.3, 0.4) is 0 Å². The van der Waals surface area contributed by atoms with Crippen molar-refractivity contribution in [3.63, 3.8) is 0 Å². The van der Waals surface area contributed by atoms with Crippen LogP contribution in [0.4, 0.5) is 0 Å². The zero-order chi connectivity index (χ0) is 17.8. The van der Waals surface area contributed by atoms with Gasteiger partial charge in [0.1, 0.15) is 12.4 Å². The molecule has 0 radical (unpaired) electrons. The van der Waals surface area contributed by atoms with Gasteiger partial charge in [0.2, 0.25) is 0 Å². The number of rotatable bonds is 11. The summed E-state index contributed by atoms with van der Waals surface area (Å²) in [5, 5.41) is 14.9. The van der Waals surface area contributed by atoms with Crippen molar-refractivity contribution >= 4 is 29.9 Å². The van der Waals surface area contributed by atoms with E-state index in [4.69, 9.17) is 4.74 Å². The lowest BCUT2D eigenvalue weighted by Gasteiger charge is -2.13. The second-order valence-corrected chi connectivity index (χ2v) is 6.39. The van der Waals surface area contributed by atoms with Gasteiger partial charge in [-0.1, -0.05) is 27.2 Å². The molecule has 0 saturated carbocycles. The molecule has 0 bridgehead atoms. The number of unbranched alkanes of at least 4 members (excludes halogenated alkanes) is 1. The number of ether oxygens (including phenoxy) is 1. The number of aromatic nitrogens is 3. The van der Waals surface area contributed by atoms with Crippen molar-refractivity contribution in [1.82, 2.24) is 25.4 Å². The van der Waals surface area contributed by atoms with Crippen LogP contribution in [-0.2, 0) is 18.3 Å². The molecule has 0 saturated heterocycles. The number of halogens is 1. The molecule has 0 aliphatic rings. The van der Waals surface area contributed by atoms with E-state index in [9.17, 15) is 0 Å². The smallest absolute Gasteiger partial charge is 0.191 e. The number of aryl methyl sites for hydroxylation is 1. The van der Waals surface area contributed by atoms with Gasteiger partial charge in [-0.05, 0) is 25.7 Å². The van der Waals surface area contributed by atoms with Crippen molar-refractivity contribution in [3.05, 3.63) is 11.6 Å². The van der Waals surface area contributed by atoms with Crippen molar-refractivity contribution in [3.8, 4) is 0 Å². The van der Waals surface area contributed by atoms with E-state index in [0.717, 1.165) is 56.6 Å². The Hall–Kier alpha value is -0.900. The van der Waals surface area contributed by atoms with E-state index in [1.54, 1.807) is 0 Å². The SMILES string of the molecule is CCCCNC(=NCc1nnc(C)n1C)NCCOCCC(C)C.I. The van der Waals surface area contributed by atoms with E-state index in [0.29, 0.717) is 19.1 Å². The van der Waals surface area contributed by atoms with Gasteiger partial charge in [0.15, 0.2) is 11.8 Å². The zero-order valence-corrected chi connectivity index (χ0v) is 18.7. The molecular weight excluding hydrogens is 431 g/mol. The molecule has 25 heavy (non-hydrogen) atoms. The molecule has 1 aromatic rings. The van der Waals surface area contributed by atoms with Crippen molar-refractivity contribution in [2.45, 2.75) is 53.5 Å². The van der Waals surface area contributed by atoms with Gasteiger partial charge in [-0.3, -0.25) is 0 Å². The second kappa shape index (κ2) is 14.3. The topological polar surface area (TPSA) is 76.4 Å². The summed E-state index contributed by atoms with van der Waals surface area (Å²) < 4.78 is 7.59. The Morgan fingerprint density at radius 2 is 1.92 bits per heavy atom. The Kier molecular flexibility index (Phi) is 13.8. The molecule has 7 nitrogen and oxygen atoms in total.